The molecule has 10 heteroatoms. The fourth-order valence-electron chi connectivity index (χ4n) is 4.43. The molecule has 1 saturated carbocycles. The van der Waals surface area contributed by atoms with Crippen LogP contribution in [0.4, 0.5) is 10.1 Å². The first-order valence-electron chi connectivity index (χ1n) is 10.8. The summed E-state index contributed by atoms with van der Waals surface area (Å²) in [4.78, 5) is 28.9. The maximum absolute atomic E-state index is 14.3. The minimum atomic E-state index is -1.34. The summed E-state index contributed by atoms with van der Waals surface area (Å²) in [5.41, 5.74) is 2.07. The molecule has 36 heavy (non-hydrogen) atoms. The van der Waals surface area contributed by atoms with Crippen molar-refractivity contribution in [3.8, 4) is 0 Å². The van der Waals surface area contributed by atoms with Crippen LogP contribution in [0.15, 0.2) is 60.8 Å². The van der Waals surface area contributed by atoms with E-state index < -0.39 is 27.9 Å². The first kappa shape index (κ1) is 25.4. The van der Waals surface area contributed by atoms with Crippen molar-refractivity contribution in [1.29, 1.82) is 0 Å². The molecular weight excluding hydrogens is 569 g/mol. The van der Waals surface area contributed by atoms with E-state index in [1.54, 1.807) is 42.6 Å². The molecule has 4 nitrogen and oxygen atoms in total. The van der Waals surface area contributed by atoms with Crippen molar-refractivity contribution in [3.05, 3.63) is 98.4 Å². The summed E-state index contributed by atoms with van der Waals surface area (Å²) >= 11 is 31.3. The summed E-state index contributed by atoms with van der Waals surface area (Å²) in [7, 11) is 0. The van der Waals surface area contributed by atoms with E-state index in [1.165, 1.54) is 18.2 Å². The third kappa shape index (κ3) is 4.83. The van der Waals surface area contributed by atoms with Gasteiger partial charge in [-0.15, -0.1) is 23.2 Å². The van der Waals surface area contributed by atoms with Gasteiger partial charge in [-0.05, 0) is 65.7 Å². The molecule has 0 spiro atoms. The first-order valence-corrected chi connectivity index (χ1v) is 12.7. The molecule has 184 valence electrons. The standard InChI is InChI=1S/C26H16Cl5FN2O2/c27-15-8-14(9-16(28)10-15)22-23(26(22,30)31)25(36)34-17-1-2-19(29)18(11-17)21(35)7-12-5-13-3-4-33-24(13)20(32)6-12/h1-6,8-11,22-23,33H,7H2,(H,34,36). The van der Waals surface area contributed by atoms with Crippen LogP contribution < -0.4 is 5.32 Å². The third-order valence-corrected chi connectivity index (χ3v) is 7.86. The maximum atomic E-state index is 14.3. The van der Waals surface area contributed by atoms with Gasteiger partial charge in [0, 0.05) is 45.2 Å². The average molecular weight is 585 g/mol. The lowest BCUT2D eigenvalue weighted by atomic mass is 10.0. The highest BCUT2D eigenvalue weighted by atomic mass is 35.5. The fraction of sp³-hybridized carbons (Fsp3) is 0.154. The van der Waals surface area contributed by atoms with E-state index in [2.05, 4.69) is 10.3 Å². The summed E-state index contributed by atoms with van der Waals surface area (Å²) in [5, 5.41) is 4.44. The Labute approximate surface area is 230 Å². The van der Waals surface area contributed by atoms with Crippen LogP contribution in [0.5, 0.6) is 0 Å². The number of hydrogen-bond donors (Lipinski definition) is 2. The van der Waals surface area contributed by atoms with Crippen LogP contribution in [0.3, 0.4) is 0 Å². The van der Waals surface area contributed by atoms with E-state index in [4.69, 9.17) is 58.0 Å². The van der Waals surface area contributed by atoms with E-state index in [0.717, 1.165) is 0 Å². The predicted molar refractivity (Wildman–Crippen MR) is 144 cm³/mol. The number of amides is 1. The topological polar surface area (TPSA) is 62.0 Å². The lowest BCUT2D eigenvalue weighted by Gasteiger charge is -2.10. The minimum Gasteiger partial charge on any atom is -0.359 e. The van der Waals surface area contributed by atoms with Crippen molar-refractivity contribution in [3.63, 3.8) is 0 Å². The number of benzene rings is 3. The Morgan fingerprint density at radius 1 is 0.972 bits per heavy atom. The number of carbonyl (C=O) groups excluding carboxylic acids is 2. The second-order valence-corrected chi connectivity index (χ2v) is 11.4. The normalized spacial score (nSPS) is 18.3. The minimum absolute atomic E-state index is 0.0676. The second-order valence-electron chi connectivity index (χ2n) is 8.64. The van der Waals surface area contributed by atoms with E-state index in [0.29, 0.717) is 37.8 Å². The summed E-state index contributed by atoms with van der Waals surface area (Å²) in [5.74, 6) is -2.47. The number of fused-ring (bicyclic) bond motifs is 1. The molecule has 1 aromatic heterocycles. The third-order valence-electron chi connectivity index (χ3n) is 6.15. The van der Waals surface area contributed by atoms with Gasteiger partial charge in [-0.2, -0.15) is 0 Å². The average Bonchev–Trinajstić information content (AvgIpc) is 3.11. The Balaban J connectivity index is 1.34. The molecule has 1 heterocycles. The molecule has 1 aliphatic carbocycles. The van der Waals surface area contributed by atoms with Gasteiger partial charge in [0.25, 0.3) is 0 Å². The number of nitrogens with one attached hydrogen (secondary N) is 2. The molecular formula is C26H16Cl5FN2O2. The van der Waals surface area contributed by atoms with Gasteiger partial charge in [0.15, 0.2) is 5.78 Å². The van der Waals surface area contributed by atoms with E-state index >= 15 is 0 Å². The number of Topliss-reactive ketones (excluding diaryl/α,β-unsaturated/α-hetero) is 1. The summed E-state index contributed by atoms with van der Waals surface area (Å²) in [6.45, 7) is 0. The van der Waals surface area contributed by atoms with Gasteiger partial charge in [0.05, 0.1) is 16.5 Å². The second kappa shape index (κ2) is 9.55. The molecule has 0 saturated heterocycles. The van der Waals surface area contributed by atoms with Crippen molar-refractivity contribution >= 4 is 86.3 Å². The smallest absolute Gasteiger partial charge is 0.231 e. The Kier molecular flexibility index (Phi) is 6.73. The first-order chi connectivity index (χ1) is 17.0. The molecule has 4 aromatic rings. The number of hydrogen-bond acceptors (Lipinski definition) is 2. The van der Waals surface area contributed by atoms with Crippen LogP contribution in [-0.4, -0.2) is 21.0 Å². The number of aromatic amines is 1. The van der Waals surface area contributed by atoms with Crippen LogP contribution in [0, 0.1) is 11.7 Å². The van der Waals surface area contributed by atoms with Gasteiger partial charge in [0.1, 0.15) is 10.2 Å². The molecule has 1 aliphatic rings. The zero-order chi connectivity index (χ0) is 25.8. The van der Waals surface area contributed by atoms with Gasteiger partial charge >= 0.3 is 0 Å². The number of halogens is 6. The number of rotatable bonds is 6. The number of carbonyl (C=O) groups is 2. The number of alkyl halides is 2. The lowest BCUT2D eigenvalue weighted by Crippen LogP contribution is -2.17. The molecule has 2 N–H and O–H groups in total. The number of H-pyrrole nitrogens is 1. The highest BCUT2D eigenvalue weighted by molar-refractivity contribution is 6.53. The number of ketones is 1. The molecule has 5 rings (SSSR count). The van der Waals surface area contributed by atoms with E-state index in [-0.39, 0.29) is 22.8 Å². The zero-order valence-electron chi connectivity index (χ0n) is 18.2. The lowest BCUT2D eigenvalue weighted by molar-refractivity contribution is -0.117. The van der Waals surface area contributed by atoms with Gasteiger partial charge in [-0.25, -0.2) is 4.39 Å². The van der Waals surface area contributed by atoms with Crippen LogP contribution >= 0.6 is 58.0 Å². The summed E-state index contributed by atoms with van der Waals surface area (Å²) in [6, 6.07) is 14.2. The van der Waals surface area contributed by atoms with Crippen LogP contribution in [0.1, 0.15) is 27.4 Å². The van der Waals surface area contributed by atoms with Crippen molar-refractivity contribution in [1.82, 2.24) is 4.98 Å². The number of aromatic nitrogens is 1. The molecule has 2 atom stereocenters. The molecule has 0 aliphatic heterocycles. The van der Waals surface area contributed by atoms with Gasteiger partial charge in [-0.3, -0.25) is 9.59 Å². The van der Waals surface area contributed by atoms with Gasteiger partial charge in [0.2, 0.25) is 5.91 Å². The molecule has 2 unspecified atom stereocenters. The molecule has 3 aromatic carbocycles. The fourth-order valence-corrected chi connectivity index (χ4v) is 6.02. The Morgan fingerprint density at radius 2 is 1.69 bits per heavy atom. The SMILES string of the molecule is O=C(Cc1cc(F)c2[nH]ccc2c1)c1cc(NC(=O)C2C(c3cc(Cl)cc(Cl)c3)C2(Cl)Cl)ccc1Cl. The summed E-state index contributed by atoms with van der Waals surface area (Å²) in [6.07, 6.45) is 1.56. The Bertz CT molecular complexity index is 1510. The predicted octanol–water partition coefficient (Wildman–Crippen LogP) is 8.22. The highest BCUT2D eigenvalue weighted by Crippen LogP contribution is 2.65. The zero-order valence-corrected chi connectivity index (χ0v) is 22.0. The molecule has 1 fully saturated rings. The van der Waals surface area contributed by atoms with Gasteiger partial charge in [-0.1, -0.05) is 34.8 Å². The summed E-state index contributed by atoms with van der Waals surface area (Å²) < 4.78 is 13.0. The molecule has 0 radical (unpaired) electrons. The van der Waals surface area contributed by atoms with Crippen molar-refractivity contribution < 1.29 is 14.0 Å². The Morgan fingerprint density at radius 3 is 2.42 bits per heavy atom. The quantitative estimate of drug-likeness (QED) is 0.177. The van der Waals surface area contributed by atoms with Crippen LogP contribution in [0.25, 0.3) is 10.9 Å². The van der Waals surface area contributed by atoms with Crippen LogP contribution in [-0.2, 0) is 11.2 Å². The molecule has 1 amide bonds. The molecule has 0 bridgehead atoms. The van der Waals surface area contributed by atoms with E-state index in [1.807, 2.05) is 0 Å². The monoisotopic (exact) mass is 582 g/mol. The largest absolute Gasteiger partial charge is 0.359 e. The highest BCUT2D eigenvalue weighted by Gasteiger charge is 2.67. The van der Waals surface area contributed by atoms with Crippen molar-refractivity contribution in [2.24, 2.45) is 5.92 Å². The number of anilines is 1. The van der Waals surface area contributed by atoms with Crippen LogP contribution in [0.2, 0.25) is 15.1 Å². The Hall–Kier alpha value is -2.28. The van der Waals surface area contributed by atoms with Gasteiger partial charge < -0.3 is 10.3 Å². The van der Waals surface area contributed by atoms with Crippen molar-refractivity contribution in [2.45, 2.75) is 16.7 Å². The van der Waals surface area contributed by atoms with E-state index in [9.17, 15) is 14.0 Å². The maximum Gasteiger partial charge on any atom is 0.231 e. The van der Waals surface area contributed by atoms with Crippen molar-refractivity contribution in [2.75, 3.05) is 5.32 Å².